The Morgan fingerprint density at radius 2 is 1.94 bits per heavy atom. The van der Waals surface area contributed by atoms with E-state index >= 15 is 0 Å². The first-order valence-electron chi connectivity index (χ1n) is 5.75. The summed E-state index contributed by atoms with van der Waals surface area (Å²) in [4.78, 5) is 10.9. The number of halogens is 1. The van der Waals surface area contributed by atoms with Crippen LogP contribution in [-0.2, 0) is 6.42 Å². The fourth-order valence-electron chi connectivity index (χ4n) is 1.72. The second-order valence-corrected chi connectivity index (χ2v) is 3.86. The number of rotatable bonds is 4. The molecule has 0 aliphatic heterocycles. The lowest BCUT2D eigenvalue weighted by Gasteiger charge is -2.11. The van der Waals surface area contributed by atoms with Crippen molar-refractivity contribution in [3.8, 4) is 11.5 Å². The molecule has 0 aromatic heterocycles. The van der Waals surface area contributed by atoms with Gasteiger partial charge in [-0.2, -0.15) is 0 Å². The smallest absolute Gasteiger partial charge is 0.153 e. The normalized spacial score (nSPS) is 10.1. The minimum atomic E-state index is -0.451. The van der Waals surface area contributed by atoms with E-state index in [1.165, 1.54) is 12.1 Å². The summed E-state index contributed by atoms with van der Waals surface area (Å²) < 4.78 is 18.7. The standard InChI is InChI=1S/C15H13FO2/c1-2-11-5-3-4-6-14(11)18-15-8-7-13(16)9-12(15)10-17/h3-10H,2H2,1H3. The first-order chi connectivity index (χ1) is 8.74. The number of carbonyl (C=O) groups excluding carboxylic acids is 1. The van der Waals surface area contributed by atoms with Crippen LogP contribution in [-0.4, -0.2) is 6.29 Å². The topological polar surface area (TPSA) is 26.3 Å². The highest BCUT2D eigenvalue weighted by molar-refractivity contribution is 5.79. The number of aryl methyl sites for hydroxylation is 1. The third-order valence-electron chi connectivity index (χ3n) is 2.67. The molecule has 0 radical (unpaired) electrons. The summed E-state index contributed by atoms with van der Waals surface area (Å²) in [6.07, 6.45) is 1.42. The van der Waals surface area contributed by atoms with Crippen LogP contribution < -0.4 is 4.74 Å². The van der Waals surface area contributed by atoms with Crippen molar-refractivity contribution < 1.29 is 13.9 Å². The molecule has 0 aliphatic rings. The summed E-state index contributed by atoms with van der Waals surface area (Å²) in [5, 5.41) is 0. The molecule has 0 unspecified atom stereocenters. The molecule has 18 heavy (non-hydrogen) atoms. The van der Waals surface area contributed by atoms with Gasteiger partial charge in [-0.3, -0.25) is 4.79 Å². The lowest BCUT2D eigenvalue weighted by molar-refractivity contribution is 0.112. The van der Waals surface area contributed by atoms with Crippen LogP contribution in [0.4, 0.5) is 4.39 Å². The highest BCUT2D eigenvalue weighted by Crippen LogP contribution is 2.28. The van der Waals surface area contributed by atoms with Crippen LogP contribution in [0.3, 0.4) is 0 Å². The lowest BCUT2D eigenvalue weighted by Crippen LogP contribution is -1.94. The molecule has 0 bridgehead atoms. The number of ether oxygens (including phenoxy) is 1. The molecule has 0 aliphatic carbocycles. The van der Waals surface area contributed by atoms with E-state index in [1.54, 1.807) is 0 Å². The first kappa shape index (κ1) is 12.3. The van der Waals surface area contributed by atoms with Crippen molar-refractivity contribution in [1.82, 2.24) is 0 Å². The van der Waals surface area contributed by atoms with E-state index in [-0.39, 0.29) is 5.56 Å². The Bertz CT molecular complexity index is 564. The SMILES string of the molecule is CCc1ccccc1Oc1ccc(F)cc1C=O. The van der Waals surface area contributed by atoms with E-state index in [0.29, 0.717) is 17.8 Å². The summed E-state index contributed by atoms with van der Waals surface area (Å²) in [6, 6.07) is 11.5. The molecule has 3 heteroatoms. The highest BCUT2D eigenvalue weighted by Gasteiger charge is 2.08. The number of carbonyl (C=O) groups is 1. The zero-order valence-electron chi connectivity index (χ0n) is 10.0. The van der Waals surface area contributed by atoms with Crippen molar-refractivity contribution in [2.75, 3.05) is 0 Å². The van der Waals surface area contributed by atoms with E-state index in [0.717, 1.165) is 18.1 Å². The maximum Gasteiger partial charge on any atom is 0.153 e. The number of aldehydes is 1. The number of benzene rings is 2. The Labute approximate surface area is 105 Å². The molecule has 92 valence electrons. The van der Waals surface area contributed by atoms with Gasteiger partial charge in [0.05, 0.1) is 5.56 Å². The molecule has 0 saturated carbocycles. The molecule has 2 aromatic rings. The van der Waals surface area contributed by atoms with Gasteiger partial charge in [0.1, 0.15) is 17.3 Å². The van der Waals surface area contributed by atoms with Crippen molar-refractivity contribution >= 4 is 6.29 Å². The Morgan fingerprint density at radius 1 is 1.17 bits per heavy atom. The van der Waals surface area contributed by atoms with Crippen LogP contribution in [0.15, 0.2) is 42.5 Å². The predicted octanol–water partition coefficient (Wildman–Crippen LogP) is 3.99. The predicted molar refractivity (Wildman–Crippen MR) is 67.7 cm³/mol. The van der Waals surface area contributed by atoms with Crippen LogP contribution in [0, 0.1) is 5.82 Å². The maximum absolute atomic E-state index is 13.0. The highest BCUT2D eigenvalue weighted by atomic mass is 19.1. The van der Waals surface area contributed by atoms with Crippen LogP contribution >= 0.6 is 0 Å². The molecule has 0 heterocycles. The van der Waals surface area contributed by atoms with Gasteiger partial charge in [-0.15, -0.1) is 0 Å². The summed E-state index contributed by atoms with van der Waals surface area (Å²) in [6.45, 7) is 2.02. The van der Waals surface area contributed by atoms with Gasteiger partial charge in [0.25, 0.3) is 0 Å². The summed E-state index contributed by atoms with van der Waals surface area (Å²) >= 11 is 0. The Morgan fingerprint density at radius 3 is 2.67 bits per heavy atom. The van der Waals surface area contributed by atoms with Gasteiger partial charge < -0.3 is 4.74 Å². The molecule has 2 nitrogen and oxygen atoms in total. The summed E-state index contributed by atoms with van der Waals surface area (Å²) in [5.41, 5.74) is 1.25. The molecule has 0 N–H and O–H groups in total. The lowest BCUT2D eigenvalue weighted by atomic mass is 10.1. The van der Waals surface area contributed by atoms with Crippen molar-refractivity contribution in [2.24, 2.45) is 0 Å². The summed E-state index contributed by atoms with van der Waals surface area (Å²) in [5.74, 6) is 0.607. The Hall–Kier alpha value is -2.16. The zero-order chi connectivity index (χ0) is 13.0. The van der Waals surface area contributed by atoms with Gasteiger partial charge in [0.15, 0.2) is 6.29 Å². The van der Waals surface area contributed by atoms with Gasteiger partial charge in [-0.05, 0) is 36.2 Å². The minimum absolute atomic E-state index is 0.209. The fourth-order valence-corrected chi connectivity index (χ4v) is 1.72. The Kier molecular flexibility index (Phi) is 3.72. The second-order valence-electron chi connectivity index (χ2n) is 3.86. The fraction of sp³-hybridized carbons (Fsp3) is 0.133. The van der Waals surface area contributed by atoms with Crippen LogP contribution in [0.25, 0.3) is 0 Å². The molecule has 0 saturated heterocycles. The van der Waals surface area contributed by atoms with Crippen LogP contribution in [0.2, 0.25) is 0 Å². The van der Waals surface area contributed by atoms with E-state index in [2.05, 4.69) is 0 Å². The number of para-hydroxylation sites is 1. The molecule has 2 rings (SSSR count). The number of hydrogen-bond acceptors (Lipinski definition) is 2. The van der Waals surface area contributed by atoms with Crippen molar-refractivity contribution in [2.45, 2.75) is 13.3 Å². The quantitative estimate of drug-likeness (QED) is 0.760. The van der Waals surface area contributed by atoms with E-state index < -0.39 is 5.82 Å². The third kappa shape index (κ3) is 2.56. The average molecular weight is 244 g/mol. The Balaban J connectivity index is 2.36. The van der Waals surface area contributed by atoms with Crippen molar-refractivity contribution in [1.29, 1.82) is 0 Å². The van der Waals surface area contributed by atoms with Gasteiger partial charge in [-0.25, -0.2) is 4.39 Å². The van der Waals surface area contributed by atoms with Crippen molar-refractivity contribution in [3.05, 3.63) is 59.4 Å². The van der Waals surface area contributed by atoms with Gasteiger partial charge in [-0.1, -0.05) is 25.1 Å². The van der Waals surface area contributed by atoms with Crippen LogP contribution in [0.1, 0.15) is 22.8 Å². The molecule has 2 aromatic carbocycles. The zero-order valence-corrected chi connectivity index (χ0v) is 10.0. The number of hydrogen-bond donors (Lipinski definition) is 0. The minimum Gasteiger partial charge on any atom is -0.456 e. The van der Waals surface area contributed by atoms with Gasteiger partial charge in [0, 0.05) is 0 Å². The molecule has 0 spiro atoms. The van der Waals surface area contributed by atoms with E-state index in [9.17, 15) is 9.18 Å². The van der Waals surface area contributed by atoms with E-state index in [4.69, 9.17) is 4.74 Å². The van der Waals surface area contributed by atoms with Crippen molar-refractivity contribution in [3.63, 3.8) is 0 Å². The molecular weight excluding hydrogens is 231 g/mol. The van der Waals surface area contributed by atoms with E-state index in [1.807, 2.05) is 31.2 Å². The van der Waals surface area contributed by atoms with Crippen LogP contribution in [0.5, 0.6) is 11.5 Å². The van der Waals surface area contributed by atoms with Gasteiger partial charge >= 0.3 is 0 Å². The third-order valence-corrected chi connectivity index (χ3v) is 2.67. The molecule has 0 atom stereocenters. The molecular formula is C15H13FO2. The largest absolute Gasteiger partial charge is 0.456 e. The molecule has 0 fully saturated rings. The second kappa shape index (κ2) is 5.45. The first-order valence-corrected chi connectivity index (χ1v) is 5.75. The average Bonchev–Trinajstić information content (AvgIpc) is 2.41. The monoisotopic (exact) mass is 244 g/mol. The van der Waals surface area contributed by atoms with Gasteiger partial charge in [0.2, 0.25) is 0 Å². The molecule has 0 amide bonds. The maximum atomic E-state index is 13.0. The summed E-state index contributed by atoms with van der Waals surface area (Å²) in [7, 11) is 0.